The molecular formula is C12H17N5O4S. The van der Waals surface area contributed by atoms with Gasteiger partial charge in [0, 0.05) is 19.3 Å². The topological polar surface area (TPSA) is 112 Å². The molecule has 2 aromatic rings. The van der Waals surface area contributed by atoms with E-state index in [1.165, 1.54) is 12.4 Å². The third-order valence-electron chi connectivity index (χ3n) is 3.35. The number of nitrogens with one attached hydrogen (secondary N) is 1. The maximum Gasteiger partial charge on any atom is 0.255 e. The average molecular weight is 327 g/mol. The van der Waals surface area contributed by atoms with Gasteiger partial charge in [0.2, 0.25) is 10.0 Å². The maximum absolute atomic E-state index is 12.1. The van der Waals surface area contributed by atoms with E-state index in [2.05, 4.69) is 20.0 Å². The van der Waals surface area contributed by atoms with Crippen LogP contribution in [-0.2, 0) is 27.8 Å². The molecule has 1 atom stereocenters. The lowest BCUT2D eigenvalue weighted by Gasteiger charge is -2.02. The Labute approximate surface area is 127 Å². The van der Waals surface area contributed by atoms with Gasteiger partial charge in [-0.3, -0.25) is 4.68 Å². The Morgan fingerprint density at radius 2 is 2.36 bits per heavy atom. The van der Waals surface area contributed by atoms with Gasteiger partial charge in [0.05, 0.1) is 12.7 Å². The van der Waals surface area contributed by atoms with E-state index < -0.39 is 10.0 Å². The van der Waals surface area contributed by atoms with Gasteiger partial charge in [-0.2, -0.15) is 10.1 Å². The van der Waals surface area contributed by atoms with Crippen molar-refractivity contribution in [3.63, 3.8) is 0 Å². The van der Waals surface area contributed by atoms with Crippen molar-refractivity contribution in [1.82, 2.24) is 24.6 Å². The summed E-state index contributed by atoms with van der Waals surface area (Å²) >= 11 is 0. The highest BCUT2D eigenvalue weighted by Crippen LogP contribution is 2.26. The largest absolute Gasteiger partial charge is 0.368 e. The Bertz CT molecular complexity index is 732. The normalized spacial score (nSPS) is 18.9. The van der Waals surface area contributed by atoms with Crippen LogP contribution in [-0.4, -0.2) is 34.9 Å². The molecule has 2 aromatic heterocycles. The van der Waals surface area contributed by atoms with Crippen LogP contribution in [0.1, 0.15) is 37.6 Å². The second-order valence-corrected chi connectivity index (χ2v) is 6.67. The molecule has 10 heteroatoms. The van der Waals surface area contributed by atoms with Gasteiger partial charge in [-0.15, -0.1) is 0 Å². The SMILES string of the molecule is CCn1cc(S(=O)(=O)NCc2noc([C@@H]3CCCO3)n2)cn1. The van der Waals surface area contributed by atoms with Crippen LogP contribution in [0.2, 0.25) is 0 Å². The third kappa shape index (κ3) is 3.18. The molecule has 1 aliphatic rings. The van der Waals surface area contributed by atoms with Crippen LogP contribution in [0.15, 0.2) is 21.8 Å². The Balaban J connectivity index is 1.64. The highest BCUT2D eigenvalue weighted by molar-refractivity contribution is 7.89. The zero-order chi connectivity index (χ0) is 15.6. The standard InChI is InChI=1S/C12H17N5O4S/c1-2-17-8-9(6-13-17)22(18,19)14-7-11-15-12(21-16-11)10-4-3-5-20-10/h6,8,10,14H,2-5,7H2,1H3/t10-/m0/s1. The van der Waals surface area contributed by atoms with Crippen molar-refractivity contribution in [1.29, 1.82) is 0 Å². The van der Waals surface area contributed by atoms with Crippen molar-refractivity contribution in [2.24, 2.45) is 0 Å². The lowest BCUT2D eigenvalue weighted by Crippen LogP contribution is -2.23. The number of hydrogen-bond donors (Lipinski definition) is 1. The summed E-state index contributed by atoms with van der Waals surface area (Å²) in [6.45, 7) is 3.11. The van der Waals surface area contributed by atoms with Crippen molar-refractivity contribution >= 4 is 10.0 Å². The number of ether oxygens (including phenoxy) is 1. The lowest BCUT2D eigenvalue weighted by atomic mass is 10.2. The van der Waals surface area contributed by atoms with Crippen LogP contribution in [0.4, 0.5) is 0 Å². The first-order chi connectivity index (χ1) is 10.6. The Hall–Kier alpha value is -1.78. The Kier molecular flexibility index (Phi) is 4.23. The summed E-state index contributed by atoms with van der Waals surface area (Å²) in [6, 6.07) is 0. The van der Waals surface area contributed by atoms with Crippen molar-refractivity contribution in [3.8, 4) is 0 Å². The molecule has 0 unspecified atom stereocenters. The second-order valence-electron chi connectivity index (χ2n) is 4.91. The number of rotatable bonds is 6. The van der Waals surface area contributed by atoms with Crippen LogP contribution in [0.25, 0.3) is 0 Å². The predicted molar refractivity (Wildman–Crippen MR) is 74.2 cm³/mol. The molecule has 120 valence electrons. The molecular weight excluding hydrogens is 310 g/mol. The average Bonchev–Trinajstić information content (AvgIpc) is 3.24. The monoisotopic (exact) mass is 327 g/mol. The van der Waals surface area contributed by atoms with Gasteiger partial charge in [0.15, 0.2) is 5.82 Å². The first-order valence-electron chi connectivity index (χ1n) is 7.04. The van der Waals surface area contributed by atoms with Crippen molar-refractivity contribution in [3.05, 3.63) is 24.1 Å². The minimum Gasteiger partial charge on any atom is -0.368 e. The Morgan fingerprint density at radius 3 is 3.05 bits per heavy atom. The highest BCUT2D eigenvalue weighted by Gasteiger charge is 2.24. The molecule has 0 spiro atoms. The van der Waals surface area contributed by atoms with Gasteiger partial charge in [0.1, 0.15) is 11.0 Å². The zero-order valence-corrected chi connectivity index (χ0v) is 12.9. The fourth-order valence-corrected chi connectivity index (χ4v) is 3.07. The summed E-state index contributed by atoms with van der Waals surface area (Å²) in [7, 11) is -3.64. The smallest absolute Gasteiger partial charge is 0.255 e. The number of aromatic nitrogens is 4. The van der Waals surface area contributed by atoms with Gasteiger partial charge in [-0.05, 0) is 19.8 Å². The quantitative estimate of drug-likeness (QED) is 0.827. The first-order valence-corrected chi connectivity index (χ1v) is 8.53. The van der Waals surface area contributed by atoms with Gasteiger partial charge >= 0.3 is 0 Å². The van der Waals surface area contributed by atoms with E-state index in [9.17, 15) is 8.42 Å². The number of sulfonamides is 1. The summed E-state index contributed by atoms with van der Waals surface area (Å²) in [4.78, 5) is 4.27. The third-order valence-corrected chi connectivity index (χ3v) is 4.71. The summed E-state index contributed by atoms with van der Waals surface area (Å²) < 4.78 is 38.8. The molecule has 0 radical (unpaired) electrons. The van der Waals surface area contributed by atoms with E-state index in [1.54, 1.807) is 4.68 Å². The zero-order valence-electron chi connectivity index (χ0n) is 12.1. The van der Waals surface area contributed by atoms with Crippen LogP contribution < -0.4 is 4.72 Å². The van der Waals surface area contributed by atoms with E-state index in [4.69, 9.17) is 9.26 Å². The van der Waals surface area contributed by atoms with Crippen LogP contribution in [0.3, 0.4) is 0 Å². The van der Waals surface area contributed by atoms with Gasteiger partial charge < -0.3 is 9.26 Å². The minimum absolute atomic E-state index is 0.0458. The molecule has 3 rings (SSSR count). The molecule has 0 bridgehead atoms. The molecule has 1 saturated heterocycles. The lowest BCUT2D eigenvalue weighted by molar-refractivity contribution is 0.0835. The molecule has 0 amide bonds. The predicted octanol–water partition coefficient (Wildman–Crippen LogP) is 0.616. The van der Waals surface area contributed by atoms with Crippen LogP contribution in [0, 0.1) is 0 Å². The molecule has 22 heavy (non-hydrogen) atoms. The van der Waals surface area contributed by atoms with E-state index >= 15 is 0 Å². The van der Waals surface area contributed by atoms with Gasteiger partial charge in [-0.1, -0.05) is 5.16 Å². The summed E-state index contributed by atoms with van der Waals surface area (Å²) in [6.07, 6.45) is 4.39. The van der Waals surface area contributed by atoms with E-state index in [0.717, 1.165) is 12.8 Å². The second kappa shape index (κ2) is 6.15. The molecule has 0 aliphatic carbocycles. The van der Waals surface area contributed by atoms with E-state index in [1.807, 2.05) is 6.92 Å². The maximum atomic E-state index is 12.1. The summed E-state index contributed by atoms with van der Waals surface area (Å²) in [5.74, 6) is 0.669. The molecule has 0 saturated carbocycles. The number of hydrogen-bond acceptors (Lipinski definition) is 7. The van der Waals surface area contributed by atoms with E-state index in [0.29, 0.717) is 19.0 Å². The highest BCUT2D eigenvalue weighted by atomic mass is 32.2. The van der Waals surface area contributed by atoms with Gasteiger partial charge in [-0.25, -0.2) is 13.1 Å². The van der Waals surface area contributed by atoms with Crippen molar-refractivity contribution in [2.45, 2.75) is 43.9 Å². The minimum atomic E-state index is -3.64. The van der Waals surface area contributed by atoms with E-state index in [-0.39, 0.29) is 23.4 Å². The first kappa shape index (κ1) is 15.1. The number of nitrogens with zero attached hydrogens (tertiary/aromatic N) is 4. The van der Waals surface area contributed by atoms with Crippen molar-refractivity contribution in [2.75, 3.05) is 6.61 Å². The fourth-order valence-electron chi connectivity index (χ4n) is 2.14. The molecule has 3 heterocycles. The summed E-state index contributed by atoms with van der Waals surface area (Å²) in [5, 5.41) is 7.71. The van der Waals surface area contributed by atoms with Gasteiger partial charge in [0.25, 0.3) is 5.89 Å². The molecule has 1 N–H and O–H groups in total. The molecule has 0 aromatic carbocycles. The molecule has 1 aliphatic heterocycles. The fraction of sp³-hybridized carbons (Fsp3) is 0.583. The van der Waals surface area contributed by atoms with Crippen LogP contribution >= 0.6 is 0 Å². The molecule has 1 fully saturated rings. The molecule has 9 nitrogen and oxygen atoms in total. The number of aryl methyl sites for hydroxylation is 1. The van der Waals surface area contributed by atoms with Crippen LogP contribution in [0.5, 0.6) is 0 Å². The summed E-state index contributed by atoms with van der Waals surface area (Å²) in [5.41, 5.74) is 0. The van der Waals surface area contributed by atoms with Crippen molar-refractivity contribution < 1.29 is 17.7 Å². The Morgan fingerprint density at radius 1 is 1.50 bits per heavy atom.